The number of hydrogen-bond donors (Lipinski definition) is 7. The fraction of sp³-hybridized carbons (Fsp3) is 0.967. The maximum Gasteiger partial charge on any atom is 0.306 e. The van der Waals surface area contributed by atoms with Crippen LogP contribution in [-0.2, 0) is 38.0 Å². The molecule has 0 spiro atoms. The van der Waals surface area contributed by atoms with Gasteiger partial charge in [0, 0.05) is 12.8 Å². The van der Waals surface area contributed by atoms with E-state index < -0.39 is 92.7 Å². The van der Waals surface area contributed by atoms with E-state index in [4.69, 9.17) is 28.4 Å². The van der Waals surface area contributed by atoms with Crippen LogP contribution in [0.15, 0.2) is 0 Å². The summed E-state index contributed by atoms with van der Waals surface area (Å²) in [5, 5.41) is 72.4. The summed E-state index contributed by atoms with van der Waals surface area (Å²) in [7, 11) is 0. The molecule has 75 heavy (non-hydrogen) atoms. The Balaban J connectivity index is 1.71. The zero-order chi connectivity index (χ0) is 54.6. The fourth-order valence-corrected chi connectivity index (χ4v) is 10.3. The van der Waals surface area contributed by atoms with Crippen LogP contribution in [0, 0.1) is 0 Å². The molecule has 7 N–H and O–H groups in total. The Labute approximate surface area is 455 Å². The standard InChI is InChI=1S/C60H114O15/c1-3-5-7-9-11-13-15-17-19-21-23-24-25-27-28-30-32-34-36-38-40-42-51(62)70-45-48(73-52(63)43-41-39-37-35-33-31-29-26-22-20-18-16-14-12-10-8-6-4-2)46-71-59-58(69)56(67)54(65)50(75-59)47-72-60-57(68)55(66)53(64)49(44-61)74-60/h48-50,53-61,64-69H,3-47H2,1-2H3/t48-,49+,50+,53-,54-,55?,56?,57?,58?,59+,60+/m0/s1. The number of ether oxygens (including phenoxy) is 6. The van der Waals surface area contributed by atoms with Crippen LogP contribution in [0.25, 0.3) is 0 Å². The number of esters is 2. The van der Waals surface area contributed by atoms with E-state index in [2.05, 4.69) is 13.8 Å². The Morgan fingerprint density at radius 2 is 0.680 bits per heavy atom. The van der Waals surface area contributed by atoms with E-state index in [1.807, 2.05) is 0 Å². The van der Waals surface area contributed by atoms with Crippen molar-refractivity contribution in [2.24, 2.45) is 0 Å². The number of rotatable bonds is 51. The molecule has 4 unspecified atom stereocenters. The average Bonchev–Trinajstić information content (AvgIpc) is 3.40. The maximum absolute atomic E-state index is 13.1. The molecule has 0 aromatic carbocycles. The minimum absolute atomic E-state index is 0.174. The van der Waals surface area contributed by atoms with Crippen LogP contribution in [0.1, 0.15) is 277 Å². The highest BCUT2D eigenvalue weighted by atomic mass is 16.7. The second-order valence-electron chi connectivity index (χ2n) is 22.3. The monoisotopic (exact) mass is 1070 g/mol. The molecule has 2 fully saturated rings. The first-order valence-electron chi connectivity index (χ1n) is 31.1. The zero-order valence-electron chi connectivity index (χ0n) is 47.6. The first-order chi connectivity index (χ1) is 36.5. The van der Waals surface area contributed by atoms with Crippen molar-refractivity contribution in [3.8, 4) is 0 Å². The predicted molar refractivity (Wildman–Crippen MR) is 294 cm³/mol. The first kappa shape index (κ1) is 69.6. The third-order valence-electron chi connectivity index (χ3n) is 15.3. The molecule has 0 aliphatic carbocycles. The van der Waals surface area contributed by atoms with Crippen molar-refractivity contribution in [3.63, 3.8) is 0 Å². The number of carbonyl (C=O) groups is 2. The minimum Gasteiger partial charge on any atom is -0.462 e. The van der Waals surface area contributed by atoms with E-state index in [1.165, 1.54) is 199 Å². The Hall–Kier alpha value is -1.50. The zero-order valence-corrected chi connectivity index (χ0v) is 47.6. The quantitative estimate of drug-likeness (QED) is 0.0222. The molecule has 0 amide bonds. The summed E-state index contributed by atoms with van der Waals surface area (Å²) in [5.41, 5.74) is 0. The Morgan fingerprint density at radius 3 is 1.04 bits per heavy atom. The highest BCUT2D eigenvalue weighted by Crippen LogP contribution is 2.27. The van der Waals surface area contributed by atoms with E-state index in [1.54, 1.807) is 0 Å². The third-order valence-corrected chi connectivity index (χ3v) is 15.3. The van der Waals surface area contributed by atoms with Gasteiger partial charge in [-0.05, 0) is 12.8 Å². The normalized spacial score (nSPS) is 24.4. The van der Waals surface area contributed by atoms with Crippen LogP contribution >= 0.6 is 0 Å². The second-order valence-corrected chi connectivity index (χ2v) is 22.3. The lowest BCUT2D eigenvalue weighted by Gasteiger charge is -2.42. The molecule has 15 nitrogen and oxygen atoms in total. The van der Waals surface area contributed by atoms with Gasteiger partial charge >= 0.3 is 11.9 Å². The van der Waals surface area contributed by atoms with Gasteiger partial charge in [-0.25, -0.2) is 0 Å². The number of aliphatic hydroxyl groups is 7. The Morgan fingerprint density at radius 1 is 0.373 bits per heavy atom. The summed E-state index contributed by atoms with van der Waals surface area (Å²) in [6.45, 7) is 2.67. The lowest BCUT2D eigenvalue weighted by atomic mass is 9.98. The predicted octanol–water partition coefficient (Wildman–Crippen LogP) is 11.1. The van der Waals surface area contributed by atoms with Gasteiger partial charge in [0.2, 0.25) is 0 Å². The molecule has 2 saturated heterocycles. The van der Waals surface area contributed by atoms with E-state index in [0.717, 1.165) is 38.5 Å². The summed E-state index contributed by atoms with van der Waals surface area (Å²) in [4.78, 5) is 25.9. The largest absolute Gasteiger partial charge is 0.462 e. The number of carbonyl (C=O) groups excluding carboxylic acids is 2. The minimum atomic E-state index is -1.76. The molecule has 2 aliphatic rings. The van der Waals surface area contributed by atoms with Crippen LogP contribution in [-0.4, -0.2) is 142 Å². The SMILES string of the molecule is CCCCCCCCCCCCCCCCCCCCCCCC(=O)OC[C@@H](CO[C@@H]1O[C@H](CO[C@@H]2O[C@H](CO)[C@H](O)C(O)C2O)[C@H](O)C(O)C1O)OC(=O)CCCCCCCCCCCCCCCCCCCC. The second kappa shape index (κ2) is 47.3. The van der Waals surface area contributed by atoms with Gasteiger partial charge in [0.25, 0.3) is 0 Å². The fourth-order valence-electron chi connectivity index (χ4n) is 10.3. The van der Waals surface area contributed by atoms with Crippen molar-refractivity contribution >= 4 is 11.9 Å². The Kier molecular flexibility index (Phi) is 43.9. The molecule has 0 radical (unpaired) electrons. The highest BCUT2D eigenvalue weighted by molar-refractivity contribution is 5.70. The molecule has 0 bridgehead atoms. The van der Waals surface area contributed by atoms with Crippen LogP contribution in [0.2, 0.25) is 0 Å². The van der Waals surface area contributed by atoms with Gasteiger partial charge in [0.1, 0.15) is 55.4 Å². The molecule has 15 heteroatoms. The van der Waals surface area contributed by atoms with Gasteiger partial charge in [-0.1, -0.05) is 251 Å². The summed E-state index contributed by atoms with van der Waals surface area (Å²) in [6.07, 6.45) is 32.7. The van der Waals surface area contributed by atoms with Crippen LogP contribution in [0.5, 0.6) is 0 Å². The lowest BCUT2D eigenvalue weighted by Crippen LogP contribution is -2.61. The van der Waals surface area contributed by atoms with Crippen molar-refractivity contribution in [1.29, 1.82) is 0 Å². The van der Waals surface area contributed by atoms with Crippen molar-refractivity contribution in [3.05, 3.63) is 0 Å². The van der Waals surface area contributed by atoms with Gasteiger partial charge in [-0.2, -0.15) is 0 Å². The van der Waals surface area contributed by atoms with Crippen LogP contribution in [0.3, 0.4) is 0 Å². The molecule has 0 aromatic rings. The highest BCUT2D eigenvalue weighted by Gasteiger charge is 2.47. The van der Waals surface area contributed by atoms with E-state index >= 15 is 0 Å². The molecule has 11 atom stereocenters. The summed E-state index contributed by atoms with van der Waals surface area (Å²) >= 11 is 0. The number of aliphatic hydroxyl groups excluding tert-OH is 7. The van der Waals surface area contributed by atoms with Gasteiger partial charge in [-0.15, -0.1) is 0 Å². The molecule has 0 aromatic heterocycles. The van der Waals surface area contributed by atoms with Gasteiger partial charge in [0.05, 0.1) is 19.8 Å². The molecular formula is C60H114O15. The molecule has 2 rings (SSSR count). The summed E-state index contributed by atoms with van der Waals surface area (Å²) < 4.78 is 33.8. The summed E-state index contributed by atoms with van der Waals surface area (Å²) in [5.74, 6) is -0.901. The van der Waals surface area contributed by atoms with Crippen molar-refractivity contribution in [1.82, 2.24) is 0 Å². The Bertz CT molecular complexity index is 1310. The first-order valence-corrected chi connectivity index (χ1v) is 31.1. The lowest BCUT2D eigenvalue weighted by molar-refractivity contribution is -0.332. The van der Waals surface area contributed by atoms with Gasteiger partial charge in [-0.3, -0.25) is 9.59 Å². The number of unbranched alkanes of at least 4 members (excludes halogenated alkanes) is 37. The van der Waals surface area contributed by atoms with Gasteiger partial charge < -0.3 is 64.2 Å². The van der Waals surface area contributed by atoms with E-state index in [-0.39, 0.29) is 26.1 Å². The van der Waals surface area contributed by atoms with Crippen molar-refractivity contribution < 1.29 is 73.8 Å². The van der Waals surface area contributed by atoms with Gasteiger partial charge in [0.15, 0.2) is 18.7 Å². The third kappa shape index (κ3) is 34.3. The smallest absolute Gasteiger partial charge is 0.306 e. The van der Waals surface area contributed by atoms with Crippen LogP contribution < -0.4 is 0 Å². The number of hydrogen-bond acceptors (Lipinski definition) is 15. The van der Waals surface area contributed by atoms with E-state index in [9.17, 15) is 45.3 Å². The van der Waals surface area contributed by atoms with E-state index in [0.29, 0.717) is 12.8 Å². The molecule has 2 heterocycles. The molecule has 2 aliphatic heterocycles. The topological polar surface area (TPSA) is 231 Å². The molecular weight excluding hydrogens is 961 g/mol. The summed E-state index contributed by atoms with van der Waals surface area (Å²) in [6, 6.07) is 0. The van der Waals surface area contributed by atoms with Crippen molar-refractivity contribution in [2.45, 2.75) is 345 Å². The molecule has 0 saturated carbocycles. The molecule has 444 valence electrons. The van der Waals surface area contributed by atoms with Crippen LogP contribution in [0.4, 0.5) is 0 Å². The average molecular weight is 1080 g/mol. The maximum atomic E-state index is 13.1. The van der Waals surface area contributed by atoms with Crippen molar-refractivity contribution in [2.75, 3.05) is 26.4 Å².